The molecule has 7 nitrogen and oxygen atoms in total. The first-order valence-corrected chi connectivity index (χ1v) is 11.8. The molecule has 174 valence electrons. The minimum Gasteiger partial charge on any atom is -0.379 e. The second-order valence-corrected chi connectivity index (χ2v) is 9.39. The van der Waals surface area contributed by atoms with Crippen LogP contribution in [0.15, 0.2) is 30.5 Å². The number of nitrogens with zero attached hydrogens (tertiary/aromatic N) is 4. The Bertz CT molecular complexity index is 1160. The van der Waals surface area contributed by atoms with Crippen molar-refractivity contribution < 1.29 is 13.9 Å². The van der Waals surface area contributed by atoms with E-state index in [2.05, 4.69) is 15.2 Å². The average molecular weight is 492 g/mol. The van der Waals surface area contributed by atoms with Gasteiger partial charge in [-0.1, -0.05) is 29.3 Å². The molecule has 0 saturated carbocycles. The molecule has 0 radical (unpaired) electrons. The molecule has 3 aromatic rings. The van der Waals surface area contributed by atoms with E-state index < -0.39 is 5.95 Å². The summed E-state index contributed by atoms with van der Waals surface area (Å²) in [4.78, 5) is 23.5. The molecule has 1 unspecified atom stereocenters. The molecule has 0 spiro atoms. The Morgan fingerprint density at radius 1 is 1.18 bits per heavy atom. The first-order chi connectivity index (χ1) is 16.0. The molecular formula is C23H24Cl2FN5O2. The maximum Gasteiger partial charge on any atom is 0.223 e. The van der Waals surface area contributed by atoms with Gasteiger partial charge < -0.3 is 19.5 Å². The predicted molar refractivity (Wildman–Crippen MR) is 125 cm³/mol. The standard InChI is InChI=1S/C23H24Cl2FN5O2/c24-17-9-19-20(10-18(17)25)31(12-14-1-2-21(26)27-11-14)23(29-19)30-6-3-15(4-7-30)22(32)28-16-5-8-33-13-16/h1-2,9-11,15-16H,3-8,12-13H2,(H,28,32). The molecular weight excluding hydrogens is 468 g/mol. The third-order valence-corrected chi connectivity index (χ3v) is 7.05. The molecule has 2 aliphatic heterocycles. The molecule has 0 aliphatic carbocycles. The highest BCUT2D eigenvalue weighted by Gasteiger charge is 2.29. The van der Waals surface area contributed by atoms with Crippen LogP contribution in [-0.2, 0) is 16.1 Å². The number of hydrogen-bond donors (Lipinski definition) is 1. The van der Waals surface area contributed by atoms with Gasteiger partial charge in [0.15, 0.2) is 0 Å². The van der Waals surface area contributed by atoms with Gasteiger partial charge >= 0.3 is 0 Å². The molecule has 1 atom stereocenters. The number of imidazole rings is 1. The molecule has 2 aromatic heterocycles. The predicted octanol–water partition coefficient (Wildman–Crippen LogP) is 4.05. The van der Waals surface area contributed by atoms with Crippen molar-refractivity contribution in [1.82, 2.24) is 19.9 Å². The third kappa shape index (κ3) is 4.78. The Hall–Kier alpha value is -2.42. The van der Waals surface area contributed by atoms with Crippen molar-refractivity contribution in [1.29, 1.82) is 0 Å². The minimum absolute atomic E-state index is 0.0233. The summed E-state index contributed by atoms with van der Waals surface area (Å²) >= 11 is 12.5. The van der Waals surface area contributed by atoms with Crippen molar-refractivity contribution in [3.63, 3.8) is 0 Å². The van der Waals surface area contributed by atoms with Crippen molar-refractivity contribution >= 4 is 46.1 Å². The van der Waals surface area contributed by atoms with Gasteiger partial charge in [-0.05, 0) is 43.0 Å². The summed E-state index contributed by atoms with van der Waals surface area (Å²) < 4.78 is 20.7. The number of halogens is 3. The lowest BCUT2D eigenvalue weighted by Gasteiger charge is -2.32. The topological polar surface area (TPSA) is 72.3 Å². The maximum atomic E-state index is 13.3. The second kappa shape index (κ2) is 9.44. The molecule has 5 rings (SSSR count). The van der Waals surface area contributed by atoms with E-state index in [1.165, 1.54) is 12.3 Å². The highest BCUT2D eigenvalue weighted by molar-refractivity contribution is 6.42. The first-order valence-electron chi connectivity index (χ1n) is 11.1. The maximum absolute atomic E-state index is 13.3. The van der Waals surface area contributed by atoms with Gasteiger partial charge in [-0.3, -0.25) is 4.79 Å². The summed E-state index contributed by atoms with van der Waals surface area (Å²) in [5, 5.41) is 4.00. The minimum atomic E-state index is -0.520. The lowest BCUT2D eigenvalue weighted by molar-refractivity contribution is -0.126. The van der Waals surface area contributed by atoms with Crippen LogP contribution in [0.25, 0.3) is 11.0 Å². The van der Waals surface area contributed by atoms with Gasteiger partial charge in [0.05, 0.1) is 40.3 Å². The van der Waals surface area contributed by atoms with Crippen LogP contribution < -0.4 is 10.2 Å². The molecule has 0 bridgehead atoms. The number of benzene rings is 1. The fraction of sp³-hybridized carbons (Fsp3) is 0.435. The quantitative estimate of drug-likeness (QED) is 0.545. The number of amides is 1. The van der Waals surface area contributed by atoms with Crippen LogP contribution in [-0.4, -0.2) is 52.8 Å². The number of piperidine rings is 1. The number of ether oxygens (including phenoxy) is 1. The van der Waals surface area contributed by atoms with Gasteiger partial charge in [0.25, 0.3) is 0 Å². The number of nitrogens with one attached hydrogen (secondary N) is 1. The SMILES string of the molecule is O=C(NC1CCOC1)C1CCN(c2nc3cc(Cl)c(Cl)cc3n2Cc2ccc(F)nc2)CC1. The fourth-order valence-corrected chi connectivity index (χ4v) is 4.81. The van der Waals surface area contributed by atoms with Gasteiger partial charge in [-0.25, -0.2) is 9.97 Å². The molecule has 2 fully saturated rings. The summed E-state index contributed by atoms with van der Waals surface area (Å²) in [7, 11) is 0. The molecule has 1 amide bonds. The Labute approximate surface area is 200 Å². The van der Waals surface area contributed by atoms with E-state index in [1.54, 1.807) is 18.2 Å². The van der Waals surface area contributed by atoms with Crippen molar-refractivity contribution in [2.45, 2.75) is 31.8 Å². The van der Waals surface area contributed by atoms with Crippen molar-refractivity contribution in [3.05, 3.63) is 52.0 Å². The zero-order valence-electron chi connectivity index (χ0n) is 17.9. The average Bonchev–Trinajstić information content (AvgIpc) is 3.44. The van der Waals surface area contributed by atoms with Gasteiger partial charge in [0, 0.05) is 31.8 Å². The number of carbonyl (C=O) groups excluding carboxylic acids is 1. The zero-order chi connectivity index (χ0) is 22.9. The second-order valence-electron chi connectivity index (χ2n) is 8.57. The van der Waals surface area contributed by atoms with Gasteiger partial charge in [-0.2, -0.15) is 4.39 Å². The number of fused-ring (bicyclic) bond motifs is 1. The van der Waals surface area contributed by atoms with Crippen molar-refractivity contribution in [3.8, 4) is 0 Å². The first kappa shape index (κ1) is 22.4. The number of anilines is 1. The van der Waals surface area contributed by atoms with Gasteiger partial charge in [-0.15, -0.1) is 0 Å². The number of hydrogen-bond acceptors (Lipinski definition) is 5. The van der Waals surface area contributed by atoms with E-state index in [-0.39, 0.29) is 17.9 Å². The van der Waals surface area contributed by atoms with Gasteiger partial charge in [0.1, 0.15) is 0 Å². The van der Waals surface area contributed by atoms with Crippen molar-refractivity contribution in [2.24, 2.45) is 5.92 Å². The number of aromatic nitrogens is 3. The molecule has 10 heteroatoms. The van der Waals surface area contributed by atoms with E-state index in [0.717, 1.165) is 41.8 Å². The van der Waals surface area contributed by atoms with E-state index in [0.29, 0.717) is 42.9 Å². The normalized spacial score (nSPS) is 19.4. The Balaban J connectivity index is 1.38. The molecule has 4 heterocycles. The summed E-state index contributed by atoms with van der Waals surface area (Å²) in [5.74, 6) is 0.337. The summed E-state index contributed by atoms with van der Waals surface area (Å²) in [5.41, 5.74) is 2.41. The molecule has 1 aromatic carbocycles. The molecule has 1 N–H and O–H groups in total. The van der Waals surface area contributed by atoms with Crippen LogP contribution in [0.1, 0.15) is 24.8 Å². The van der Waals surface area contributed by atoms with Crippen LogP contribution in [0.4, 0.5) is 10.3 Å². The van der Waals surface area contributed by atoms with Crippen LogP contribution >= 0.6 is 23.2 Å². The third-order valence-electron chi connectivity index (χ3n) is 6.32. The van der Waals surface area contributed by atoms with Crippen molar-refractivity contribution in [2.75, 3.05) is 31.2 Å². The monoisotopic (exact) mass is 491 g/mol. The lowest BCUT2D eigenvalue weighted by atomic mass is 9.95. The highest BCUT2D eigenvalue weighted by atomic mass is 35.5. The Morgan fingerprint density at radius 3 is 2.67 bits per heavy atom. The lowest BCUT2D eigenvalue weighted by Crippen LogP contribution is -2.44. The van der Waals surface area contributed by atoms with Gasteiger partial charge in [0.2, 0.25) is 17.8 Å². The molecule has 2 aliphatic rings. The van der Waals surface area contributed by atoms with E-state index >= 15 is 0 Å². The van der Waals surface area contributed by atoms with E-state index in [9.17, 15) is 9.18 Å². The van der Waals surface area contributed by atoms with Crippen LogP contribution in [0.2, 0.25) is 10.0 Å². The largest absolute Gasteiger partial charge is 0.379 e. The number of carbonyl (C=O) groups is 1. The summed E-state index contributed by atoms with van der Waals surface area (Å²) in [6.45, 7) is 3.16. The Kier molecular flexibility index (Phi) is 6.40. The van der Waals surface area contributed by atoms with Crippen LogP contribution in [0.3, 0.4) is 0 Å². The summed E-state index contributed by atoms with van der Waals surface area (Å²) in [6, 6.07) is 6.73. The molecule has 33 heavy (non-hydrogen) atoms. The Morgan fingerprint density at radius 2 is 1.97 bits per heavy atom. The zero-order valence-corrected chi connectivity index (χ0v) is 19.4. The summed E-state index contributed by atoms with van der Waals surface area (Å²) in [6.07, 6.45) is 3.87. The number of rotatable bonds is 5. The highest BCUT2D eigenvalue weighted by Crippen LogP contribution is 2.33. The van der Waals surface area contributed by atoms with E-state index in [4.69, 9.17) is 32.9 Å². The van der Waals surface area contributed by atoms with E-state index in [1.807, 2.05) is 4.57 Å². The van der Waals surface area contributed by atoms with Crippen LogP contribution in [0, 0.1) is 11.9 Å². The number of pyridine rings is 1. The smallest absolute Gasteiger partial charge is 0.223 e. The van der Waals surface area contributed by atoms with Crippen LogP contribution in [0.5, 0.6) is 0 Å². The fourth-order valence-electron chi connectivity index (χ4n) is 4.50. The molecule has 2 saturated heterocycles.